The van der Waals surface area contributed by atoms with Crippen LogP contribution in [0.4, 0.5) is 11.4 Å². The van der Waals surface area contributed by atoms with Crippen LogP contribution in [0.15, 0.2) is 24.3 Å². The lowest BCUT2D eigenvalue weighted by atomic mass is 9.71. The second kappa shape index (κ2) is 5.35. The highest BCUT2D eigenvalue weighted by Crippen LogP contribution is 2.41. The van der Waals surface area contributed by atoms with Gasteiger partial charge in [-0.05, 0) is 55.4 Å². The topological polar surface area (TPSA) is 49.6 Å². The van der Waals surface area contributed by atoms with Crippen LogP contribution in [-0.2, 0) is 4.79 Å². The third-order valence-corrected chi connectivity index (χ3v) is 5.09. The molecule has 1 aromatic rings. The second-order valence-corrected chi connectivity index (χ2v) is 6.22. The summed E-state index contributed by atoms with van der Waals surface area (Å²) in [7, 11) is 0. The van der Waals surface area contributed by atoms with Crippen LogP contribution in [0.2, 0.25) is 0 Å². The molecule has 0 bridgehead atoms. The average Bonchev–Trinajstić information content (AvgIpc) is 2.50. The molecule has 1 spiro atoms. The monoisotopic (exact) mass is 273 g/mol. The number of piperidine rings is 2. The van der Waals surface area contributed by atoms with Gasteiger partial charge in [0.15, 0.2) is 0 Å². The summed E-state index contributed by atoms with van der Waals surface area (Å²) < 4.78 is 0. The zero-order chi connectivity index (χ0) is 14.0. The highest BCUT2D eigenvalue weighted by atomic mass is 16.1. The minimum absolute atomic E-state index is 0.476. The molecule has 0 atom stereocenters. The standard InChI is InChI=1S/C16H23N3O/c17-14-1-3-15(4-2-14)19-11-7-16(8-12-19)5-9-18(13-20)10-6-16/h1-4,13H,5-12,17H2. The second-order valence-electron chi connectivity index (χ2n) is 6.22. The Bertz CT molecular complexity index is 453. The number of likely N-dealkylation sites (tertiary alicyclic amines) is 1. The highest BCUT2D eigenvalue weighted by molar-refractivity contribution is 5.53. The maximum Gasteiger partial charge on any atom is 0.209 e. The number of nitrogen functional groups attached to an aromatic ring is 1. The molecule has 2 N–H and O–H groups in total. The maximum absolute atomic E-state index is 10.8. The Morgan fingerprint density at radius 2 is 1.50 bits per heavy atom. The first-order valence-electron chi connectivity index (χ1n) is 7.51. The first-order valence-corrected chi connectivity index (χ1v) is 7.51. The average molecular weight is 273 g/mol. The molecule has 2 aliphatic heterocycles. The van der Waals surface area contributed by atoms with Crippen molar-refractivity contribution >= 4 is 17.8 Å². The van der Waals surface area contributed by atoms with Gasteiger partial charge >= 0.3 is 0 Å². The minimum atomic E-state index is 0.476. The molecule has 3 rings (SSSR count). The lowest BCUT2D eigenvalue weighted by molar-refractivity contribution is -0.120. The van der Waals surface area contributed by atoms with Crippen molar-refractivity contribution in [2.75, 3.05) is 36.8 Å². The van der Waals surface area contributed by atoms with E-state index in [1.54, 1.807) is 0 Å². The summed E-state index contributed by atoms with van der Waals surface area (Å²) in [5, 5.41) is 0. The molecule has 4 heteroatoms. The zero-order valence-electron chi connectivity index (χ0n) is 11.9. The van der Waals surface area contributed by atoms with Crippen LogP contribution in [0.3, 0.4) is 0 Å². The number of rotatable bonds is 2. The summed E-state index contributed by atoms with van der Waals surface area (Å²) in [6.45, 7) is 4.10. The summed E-state index contributed by atoms with van der Waals surface area (Å²) >= 11 is 0. The molecule has 1 amide bonds. The van der Waals surface area contributed by atoms with Gasteiger partial charge in [-0.1, -0.05) is 0 Å². The normalized spacial score (nSPS) is 22.0. The number of amides is 1. The molecule has 2 saturated heterocycles. The predicted octanol–water partition coefficient (Wildman–Crippen LogP) is 2.11. The first-order chi connectivity index (χ1) is 9.71. The summed E-state index contributed by atoms with van der Waals surface area (Å²) in [4.78, 5) is 15.2. The molecule has 2 aliphatic rings. The van der Waals surface area contributed by atoms with Crippen LogP contribution in [0, 0.1) is 5.41 Å². The molecule has 108 valence electrons. The number of benzene rings is 1. The van der Waals surface area contributed by atoms with Gasteiger partial charge in [0.05, 0.1) is 0 Å². The van der Waals surface area contributed by atoms with E-state index in [9.17, 15) is 4.79 Å². The van der Waals surface area contributed by atoms with Gasteiger partial charge in [0.25, 0.3) is 0 Å². The summed E-state index contributed by atoms with van der Waals surface area (Å²) in [6, 6.07) is 8.18. The number of carbonyl (C=O) groups is 1. The molecule has 0 saturated carbocycles. The molecular formula is C16H23N3O. The summed E-state index contributed by atoms with van der Waals surface area (Å²) in [5.74, 6) is 0. The first kappa shape index (κ1) is 13.3. The fourth-order valence-electron chi connectivity index (χ4n) is 3.53. The minimum Gasteiger partial charge on any atom is -0.399 e. The molecular weight excluding hydrogens is 250 g/mol. The number of anilines is 2. The molecule has 4 nitrogen and oxygen atoms in total. The lowest BCUT2D eigenvalue weighted by Crippen LogP contribution is -2.46. The molecule has 2 heterocycles. The SMILES string of the molecule is Nc1ccc(N2CCC3(CCN(C=O)CC3)CC2)cc1. The fourth-order valence-corrected chi connectivity index (χ4v) is 3.53. The number of hydrogen-bond donors (Lipinski definition) is 1. The van der Waals surface area contributed by atoms with E-state index in [-0.39, 0.29) is 0 Å². The van der Waals surface area contributed by atoms with Crippen molar-refractivity contribution in [1.82, 2.24) is 4.90 Å². The van der Waals surface area contributed by atoms with Crippen molar-refractivity contribution in [3.05, 3.63) is 24.3 Å². The zero-order valence-corrected chi connectivity index (χ0v) is 11.9. The van der Waals surface area contributed by atoms with Crippen LogP contribution >= 0.6 is 0 Å². The quantitative estimate of drug-likeness (QED) is 0.663. The van der Waals surface area contributed by atoms with Crippen molar-refractivity contribution in [2.24, 2.45) is 5.41 Å². The third kappa shape index (κ3) is 2.60. The van der Waals surface area contributed by atoms with E-state index in [0.29, 0.717) is 5.41 Å². The van der Waals surface area contributed by atoms with E-state index in [2.05, 4.69) is 17.0 Å². The highest BCUT2D eigenvalue weighted by Gasteiger charge is 2.37. The van der Waals surface area contributed by atoms with Crippen molar-refractivity contribution in [2.45, 2.75) is 25.7 Å². The van der Waals surface area contributed by atoms with Gasteiger partial charge in [-0.15, -0.1) is 0 Å². The molecule has 20 heavy (non-hydrogen) atoms. The van der Waals surface area contributed by atoms with Crippen LogP contribution in [0.1, 0.15) is 25.7 Å². The van der Waals surface area contributed by atoms with E-state index < -0.39 is 0 Å². The predicted molar refractivity (Wildman–Crippen MR) is 81.6 cm³/mol. The van der Waals surface area contributed by atoms with E-state index in [4.69, 9.17) is 5.73 Å². The van der Waals surface area contributed by atoms with E-state index in [1.807, 2.05) is 17.0 Å². The van der Waals surface area contributed by atoms with Gasteiger partial charge < -0.3 is 15.5 Å². The van der Waals surface area contributed by atoms with E-state index in [1.165, 1.54) is 31.4 Å². The van der Waals surface area contributed by atoms with Gasteiger partial charge in [0.2, 0.25) is 6.41 Å². The number of nitrogens with two attached hydrogens (primary N) is 1. The molecule has 0 aliphatic carbocycles. The van der Waals surface area contributed by atoms with Gasteiger partial charge in [0.1, 0.15) is 0 Å². The van der Waals surface area contributed by atoms with Crippen LogP contribution in [0.25, 0.3) is 0 Å². The Morgan fingerprint density at radius 3 is 2.05 bits per heavy atom. The number of nitrogens with zero attached hydrogens (tertiary/aromatic N) is 2. The number of hydrogen-bond acceptors (Lipinski definition) is 3. The Morgan fingerprint density at radius 1 is 0.950 bits per heavy atom. The van der Waals surface area contributed by atoms with E-state index >= 15 is 0 Å². The Labute approximate surface area is 120 Å². The van der Waals surface area contributed by atoms with E-state index in [0.717, 1.165) is 38.3 Å². The molecule has 0 radical (unpaired) electrons. The largest absolute Gasteiger partial charge is 0.399 e. The maximum atomic E-state index is 10.8. The summed E-state index contributed by atoms with van der Waals surface area (Å²) in [6.07, 6.45) is 5.81. The van der Waals surface area contributed by atoms with Gasteiger partial charge in [-0.2, -0.15) is 0 Å². The summed E-state index contributed by atoms with van der Waals surface area (Å²) in [5.41, 5.74) is 8.32. The molecule has 0 aromatic heterocycles. The third-order valence-electron chi connectivity index (χ3n) is 5.09. The Kier molecular flexibility index (Phi) is 3.55. The molecule has 2 fully saturated rings. The Balaban J connectivity index is 1.59. The van der Waals surface area contributed by atoms with Gasteiger partial charge in [-0.25, -0.2) is 0 Å². The van der Waals surface area contributed by atoms with Gasteiger partial charge in [0, 0.05) is 37.6 Å². The van der Waals surface area contributed by atoms with Crippen LogP contribution in [-0.4, -0.2) is 37.5 Å². The smallest absolute Gasteiger partial charge is 0.209 e. The van der Waals surface area contributed by atoms with Gasteiger partial charge in [-0.3, -0.25) is 4.79 Å². The van der Waals surface area contributed by atoms with Crippen molar-refractivity contribution in [1.29, 1.82) is 0 Å². The fraction of sp³-hybridized carbons (Fsp3) is 0.562. The lowest BCUT2D eigenvalue weighted by Gasteiger charge is -2.46. The number of carbonyl (C=O) groups excluding carboxylic acids is 1. The van der Waals surface area contributed by atoms with Crippen molar-refractivity contribution < 1.29 is 4.79 Å². The van der Waals surface area contributed by atoms with Crippen molar-refractivity contribution in [3.63, 3.8) is 0 Å². The molecule has 0 unspecified atom stereocenters. The van der Waals surface area contributed by atoms with Crippen LogP contribution in [0.5, 0.6) is 0 Å². The van der Waals surface area contributed by atoms with Crippen molar-refractivity contribution in [3.8, 4) is 0 Å². The molecule has 1 aromatic carbocycles. The Hall–Kier alpha value is -1.71. The van der Waals surface area contributed by atoms with Crippen LogP contribution < -0.4 is 10.6 Å².